The van der Waals surface area contributed by atoms with Gasteiger partial charge in [0.05, 0.1) is 0 Å². The van der Waals surface area contributed by atoms with Crippen molar-refractivity contribution in [3.63, 3.8) is 0 Å². The van der Waals surface area contributed by atoms with Crippen molar-refractivity contribution in [2.24, 2.45) is 0 Å². The Labute approximate surface area is 174 Å². The van der Waals surface area contributed by atoms with Gasteiger partial charge in [0.15, 0.2) is 17.6 Å². The van der Waals surface area contributed by atoms with Gasteiger partial charge in [-0.15, -0.1) is 0 Å². The highest BCUT2D eigenvalue weighted by Crippen LogP contribution is 2.32. The van der Waals surface area contributed by atoms with E-state index < -0.39 is 24.0 Å². The molecule has 0 saturated heterocycles. The van der Waals surface area contributed by atoms with Gasteiger partial charge in [-0.2, -0.15) is 0 Å². The maximum absolute atomic E-state index is 12.3. The highest BCUT2D eigenvalue weighted by molar-refractivity contribution is 5.97. The van der Waals surface area contributed by atoms with Gasteiger partial charge in [-0.3, -0.25) is 9.59 Å². The zero-order valence-corrected chi connectivity index (χ0v) is 17.1. The van der Waals surface area contributed by atoms with E-state index in [1.807, 2.05) is 19.1 Å². The monoisotopic (exact) mass is 412 g/mol. The second-order valence-electron chi connectivity index (χ2n) is 7.05. The number of hydrogen-bond acceptors (Lipinski definition) is 6. The number of fused-ring (bicyclic) bond motifs is 1. The molecule has 1 aliphatic rings. The molecule has 0 spiro atoms. The van der Waals surface area contributed by atoms with Crippen molar-refractivity contribution in [2.75, 3.05) is 6.79 Å². The molecule has 0 aromatic heterocycles. The molecule has 0 saturated carbocycles. The third-order valence-electron chi connectivity index (χ3n) is 4.55. The van der Waals surface area contributed by atoms with Gasteiger partial charge in [0.1, 0.15) is 6.04 Å². The van der Waals surface area contributed by atoms with E-state index >= 15 is 0 Å². The van der Waals surface area contributed by atoms with Crippen molar-refractivity contribution in [1.29, 1.82) is 0 Å². The topological polar surface area (TPSA) is 103 Å². The summed E-state index contributed by atoms with van der Waals surface area (Å²) in [6.45, 7) is 5.28. The number of ether oxygens (including phenoxy) is 3. The number of esters is 1. The molecule has 2 atom stereocenters. The fraction of sp³-hybridized carbons (Fsp3) is 0.318. The summed E-state index contributed by atoms with van der Waals surface area (Å²) in [4.78, 5) is 36.8. The lowest BCUT2D eigenvalue weighted by atomic mass is 10.1. The van der Waals surface area contributed by atoms with E-state index in [1.165, 1.54) is 13.8 Å². The highest BCUT2D eigenvalue weighted by Gasteiger charge is 2.23. The van der Waals surface area contributed by atoms with Gasteiger partial charge in [-0.05, 0) is 50.6 Å². The van der Waals surface area contributed by atoms with Crippen LogP contribution in [-0.4, -0.2) is 36.7 Å². The van der Waals surface area contributed by atoms with Gasteiger partial charge < -0.3 is 24.8 Å². The Morgan fingerprint density at radius 3 is 2.60 bits per heavy atom. The molecule has 8 nitrogen and oxygen atoms in total. The Kier molecular flexibility index (Phi) is 6.56. The van der Waals surface area contributed by atoms with Gasteiger partial charge >= 0.3 is 5.97 Å². The first-order valence-electron chi connectivity index (χ1n) is 9.58. The second kappa shape index (κ2) is 9.30. The molecule has 1 aliphatic heterocycles. The third-order valence-corrected chi connectivity index (χ3v) is 4.55. The first kappa shape index (κ1) is 21.2. The Bertz CT molecular complexity index is 958. The standard InChI is InChI=1S/C22H24N2O6/c1-13-5-4-6-17(9-13)21(26)24-14(2)22(27)30-15(3)20(25)23-11-16-7-8-18-19(10-16)29-12-28-18/h4-10,14-15H,11-12H2,1-3H3,(H,23,25)(H,24,26). The molecule has 2 amide bonds. The zero-order valence-electron chi connectivity index (χ0n) is 17.1. The van der Waals surface area contributed by atoms with Crippen molar-refractivity contribution in [3.8, 4) is 11.5 Å². The molecule has 8 heteroatoms. The number of carbonyl (C=O) groups is 3. The van der Waals surface area contributed by atoms with Gasteiger partial charge in [0, 0.05) is 12.1 Å². The number of aryl methyl sites for hydroxylation is 1. The van der Waals surface area contributed by atoms with Crippen LogP contribution in [0.1, 0.15) is 35.3 Å². The molecule has 0 radical (unpaired) electrons. The molecule has 2 N–H and O–H groups in total. The molecule has 0 aliphatic carbocycles. The van der Waals surface area contributed by atoms with E-state index in [-0.39, 0.29) is 19.2 Å². The number of carbonyl (C=O) groups excluding carboxylic acids is 3. The summed E-state index contributed by atoms with van der Waals surface area (Å²) in [5.41, 5.74) is 2.21. The lowest BCUT2D eigenvalue weighted by Crippen LogP contribution is -2.43. The van der Waals surface area contributed by atoms with E-state index in [1.54, 1.807) is 30.3 Å². The van der Waals surface area contributed by atoms with Gasteiger partial charge in [-0.1, -0.05) is 23.8 Å². The molecule has 3 rings (SSSR count). The number of amides is 2. The Balaban J connectivity index is 1.46. The van der Waals surface area contributed by atoms with Crippen molar-refractivity contribution in [3.05, 3.63) is 59.2 Å². The van der Waals surface area contributed by atoms with Crippen molar-refractivity contribution in [2.45, 2.75) is 39.5 Å². The van der Waals surface area contributed by atoms with Crippen LogP contribution in [0.4, 0.5) is 0 Å². The Hall–Kier alpha value is -3.55. The largest absolute Gasteiger partial charge is 0.454 e. The number of benzene rings is 2. The van der Waals surface area contributed by atoms with E-state index in [0.717, 1.165) is 11.1 Å². The van der Waals surface area contributed by atoms with Crippen LogP contribution < -0.4 is 20.1 Å². The van der Waals surface area contributed by atoms with E-state index in [0.29, 0.717) is 17.1 Å². The lowest BCUT2D eigenvalue weighted by Gasteiger charge is -2.18. The smallest absolute Gasteiger partial charge is 0.329 e. The first-order chi connectivity index (χ1) is 14.3. The van der Waals surface area contributed by atoms with Crippen LogP contribution in [0.3, 0.4) is 0 Å². The Morgan fingerprint density at radius 2 is 1.83 bits per heavy atom. The summed E-state index contributed by atoms with van der Waals surface area (Å²) < 4.78 is 15.7. The fourth-order valence-corrected chi connectivity index (χ4v) is 2.84. The molecule has 0 fully saturated rings. The quantitative estimate of drug-likeness (QED) is 0.675. The van der Waals surface area contributed by atoms with Crippen LogP contribution in [0.2, 0.25) is 0 Å². The first-order valence-corrected chi connectivity index (χ1v) is 9.58. The van der Waals surface area contributed by atoms with E-state index in [2.05, 4.69) is 10.6 Å². The SMILES string of the molecule is Cc1cccc(C(=O)NC(C)C(=O)OC(C)C(=O)NCc2ccc3c(c2)OCO3)c1. The summed E-state index contributed by atoms with van der Waals surface area (Å²) in [7, 11) is 0. The van der Waals surface area contributed by atoms with Crippen LogP contribution in [0.5, 0.6) is 11.5 Å². The van der Waals surface area contributed by atoms with Crippen LogP contribution in [0.25, 0.3) is 0 Å². The fourth-order valence-electron chi connectivity index (χ4n) is 2.84. The maximum atomic E-state index is 12.3. The van der Waals surface area contributed by atoms with Gasteiger partial charge in [0.2, 0.25) is 6.79 Å². The molecule has 2 unspecified atom stereocenters. The van der Waals surface area contributed by atoms with Crippen molar-refractivity contribution >= 4 is 17.8 Å². The van der Waals surface area contributed by atoms with Gasteiger partial charge in [-0.25, -0.2) is 4.79 Å². The minimum Gasteiger partial charge on any atom is -0.454 e. The number of nitrogens with one attached hydrogen (secondary N) is 2. The van der Waals surface area contributed by atoms with Gasteiger partial charge in [0.25, 0.3) is 11.8 Å². The van der Waals surface area contributed by atoms with Crippen molar-refractivity contribution < 1.29 is 28.6 Å². The zero-order chi connectivity index (χ0) is 21.7. The number of rotatable bonds is 7. The normalized spacial score (nSPS) is 13.8. The average Bonchev–Trinajstić information content (AvgIpc) is 3.19. The maximum Gasteiger partial charge on any atom is 0.329 e. The van der Waals surface area contributed by atoms with Crippen molar-refractivity contribution in [1.82, 2.24) is 10.6 Å². The third kappa shape index (κ3) is 5.28. The second-order valence-corrected chi connectivity index (χ2v) is 7.05. The molecule has 158 valence electrons. The molecule has 2 aromatic rings. The van der Waals surface area contributed by atoms with Crippen LogP contribution in [0, 0.1) is 6.92 Å². The van der Waals surface area contributed by atoms with Crippen LogP contribution >= 0.6 is 0 Å². The molecular formula is C22H24N2O6. The summed E-state index contributed by atoms with van der Waals surface area (Å²) >= 11 is 0. The summed E-state index contributed by atoms with van der Waals surface area (Å²) in [5, 5.41) is 5.29. The van der Waals surface area contributed by atoms with Crippen LogP contribution in [0.15, 0.2) is 42.5 Å². The Morgan fingerprint density at radius 1 is 1.07 bits per heavy atom. The summed E-state index contributed by atoms with van der Waals surface area (Å²) in [6, 6.07) is 11.5. The summed E-state index contributed by atoms with van der Waals surface area (Å²) in [5.74, 6) is -0.239. The predicted octanol–water partition coefficient (Wildman–Crippen LogP) is 2.09. The molecule has 2 aromatic carbocycles. The highest BCUT2D eigenvalue weighted by atomic mass is 16.7. The molecular weight excluding hydrogens is 388 g/mol. The van der Waals surface area contributed by atoms with E-state index in [9.17, 15) is 14.4 Å². The number of hydrogen-bond donors (Lipinski definition) is 2. The minimum atomic E-state index is -1.01. The molecule has 0 bridgehead atoms. The average molecular weight is 412 g/mol. The molecule has 1 heterocycles. The van der Waals surface area contributed by atoms with E-state index in [4.69, 9.17) is 14.2 Å². The van der Waals surface area contributed by atoms with Crippen LogP contribution in [-0.2, 0) is 20.9 Å². The lowest BCUT2D eigenvalue weighted by molar-refractivity contribution is -0.156. The predicted molar refractivity (Wildman–Crippen MR) is 108 cm³/mol. The minimum absolute atomic E-state index is 0.177. The molecule has 30 heavy (non-hydrogen) atoms. The summed E-state index contributed by atoms with van der Waals surface area (Å²) in [6.07, 6.45) is -1.01.